The van der Waals surface area contributed by atoms with E-state index in [1.807, 2.05) is 0 Å². The zero-order valence-electron chi connectivity index (χ0n) is 15.1. The number of esters is 1. The van der Waals surface area contributed by atoms with Gasteiger partial charge in [-0.15, -0.1) is 0 Å². The number of nitrogens with zero attached hydrogens (tertiary/aromatic N) is 2. The van der Waals surface area contributed by atoms with E-state index >= 15 is 0 Å². The van der Waals surface area contributed by atoms with Gasteiger partial charge in [-0.2, -0.15) is 0 Å². The van der Waals surface area contributed by atoms with Crippen LogP contribution in [0.3, 0.4) is 0 Å². The number of ether oxygens (including phenoxy) is 2. The van der Waals surface area contributed by atoms with E-state index in [9.17, 15) is 9.59 Å². The highest BCUT2D eigenvalue weighted by atomic mass is 16.5. The Hall–Kier alpha value is -2.08. The lowest BCUT2D eigenvalue weighted by molar-refractivity contribution is -0.140. The lowest BCUT2D eigenvalue weighted by Gasteiger charge is -2.26. The zero-order valence-corrected chi connectivity index (χ0v) is 15.1. The average Bonchev–Trinajstić information content (AvgIpc) is 2.63. The molecule has 6 heteroatoms. The molecule has 24 heavy (non-hydrogen) atoms. The number of rotatable bonds is 10. The van der Waals surface area contributed by atoms with Crippen molar-refractivity contribution in [3.8, 4) is 5.75 Å². The number of hydrogen-bond donors (Lipinski definition) is 0. The van der Waals surface area contributed by atoms with Crippen molar-refractivity contribution in [1.29, 1.82) is 0 Å². The molecule has 0 saturated heterocycles. The number of methoxy groups -OCH3 is 2. The van der Waals surface area contributed by atoms with Crippen LogP contribution in [0.5, 0.6) is 5.75 Å². The Morgan fingerprint density at radius 3 is 2.33 bits per heavy atom. The van der Waals surface area contributed by atoms with Crippen LogP contribution in [-0.2, 0) is 9.53 Å². The van der Waals surface area contributed by atoms with Gasteiger partial charge in [-0.05, 0) is 31.3 Å². The predicted molar refractivity (Wildman–Crippen MR) is 93.3 cm³/mol. The molecule has 6 nitrogen and oxygen atoms in total. The van der Waals surface area contributed by atoms with Crippen molar-refractivity contribution in [2.45, 2.75) is 20.3 Å². The molecular weight excluding hydrogens is 308 g/mol. The molecule has 0 aliphatic rings. The summed E-state index contributed by atoms with van der Waals surface area (Å²) in [6.07, 6.45) is 0.185. The Morgan fingerprint density at radius 2 is 1.75 bits per heavy atom. The van der Waals surface area contributed by atoms with Crippen LogP contribution in [-0.4, -0.2) is 68.6 Å². The second kappa shape index (κ2) is 10.6. The first-order chi connectivity index (χ1) is 11.5. The summed E-state index contributed by atoms with van der Waals surface area (Å²) >= 11 is 0. The van der Waals surface area contributed by atoms with Gasteiger partial charge in [0.1, 0.15) is 5.75 Å². The summed E-state index contributed by atoms with van der Waals surface area (Å²) < 4.78 is 9.86. The first-order valence-corrected chi connectivity index (χ1v) is 8.28. The second-order valence-electron chi connectivity index (χ2n) is 5.38. The van der Waals surface area contributed by atoms with Gasteiger partial charge in [0.25, 0.3) is 5.91 Å². The molecule has 0 aliphatic carbocycles. The molecule has 1 amide bonds. The topological polar surface area (TPSA) is 59.1 Å². The molecule has 0 aromatic heterocycles. The van der Waals surface area contributed by atoms with Crippen LogP contribution in [0.4, 0.5) is 0 Å². The van der Waals surface area contributed by atoms with Gasteiger partial charge in [0.2, 0.25) is 0 Å². The van der Waals surface area contributed by atoms with Crippen molar-refractivity contribution in [3.63, 3.8) is 0 Å². The van der Waals surface area contributed by atoms with Crippen molar-refractivity contribution in [3.05, 3.63) is 29.8 Å². The molecule has 0 aliphatic heterocycles. The number of likely N-dealkylation sites (N-methyl/N-ethyl adjacent to an activating group) is 1. The monoisotopic (exact) mass is 336 g/mol. The van der Waals surface area contributed by atoms with E-state index in [2.05, 4.69) is 23.5 Å². The number of hydrogen-bond acceptors (Lipinski definition) is 5. The zero-order chi connectivity index (χ0) is 17.9. The van der Waals surface area contributed by atoms with Crippen molar-refractivity contribution in [2.24, 2.45) is 0 Å². The standard InChI is InChI=1S/C18H28N2O4/c1-5-19(6-2)12-13-20(11-10-17(21)24-4)18(22)15-8-7-9-16(14-15)23-3/h7-9,14H,5-6,10-13H2,1-4H3. The van der Waals surface area contributed by atoms with Crippen molar-refractivity contribution < 1.29 is 19.1 Å². The summed E-state index contributed by atoms with van der Waals surface area (Å²) in [5, 5.41) is 0. The fraction of sp³-hybridized carbons (Fsp3) is 0.556. The van der Waals surface area contributed by atoms with Crippen LogP contribution in [0.2, 0.25) is 0 Å². The smallest absolute Gasteiger partial charge is 0.307 e. The van der Waals surface area contributed by atoms with E-state index < -0.39 is 0 Å². The quantitative estimate of drug-likeness (QED) is 0.612. The van der Waals surface area contributed by atoms with Gasteiger partial charge < -0.3 is 19.3 Å². The molecule has 0 fully saturated rings. The number of benzene rings is 1. The molecule has 0 radical (unpaired) electrons. The highest BCUT2D eigenvalue weighted by molar-refractivity contribution is 5.94. The second-order valence-corrected chi connectivity index (χ2v) is 5.38. The van der Waals surface area contributed by atoms with Crippen LogP contribution in [0.25, 0.3) is 0 Å². The molecule has 1 aromatic rings. The van der Waals surface area contributed by atoms with Gasteiger partial charge >= 0.3 is 5.97 Å². The maximum Gasteiger partial charge on any atom is 0.307 e. The predicted octanol–water partition coefficient (Wildman–Crippen LogP) is 2.04. The summed E-state index contributed by atoms with van der Waals surface area (Å²) in [6.45, 7) is 7.70. The third-order valence-corrected chi connectivity index (χ3v) is 4.00. The van der Waals surface area contributed by atoms with Gasteiger partial charge in [0.05, 0.1) is 20.6 Å². The minimum Gasteiger partial charge on any atom is -0.497 e. The maximum atomic E-state index is 12.8. The largest absolute Gasteiger partial charge is 0.497 e. The summed E-state index contributed by atoms with van der Waals surface area (Å²) in [4.78, 5) is 28.2. The van der Waals surface area contributed by atoms with E-state index in [-0.39, 0.29) is 18.3 Å². The first-order valence-electron chi connectivity index (χ1n) is 8.28. The molecule has 0 saturated carbocycles. The Balaban J connectivity index is 2.84. The number of amides is 1. The molecule has 1 rings (SSSR count). The van der Waals surface area contributed by atoms with Crippen LogP contribution in [0.15, 0.2) is 24.3 Å². The summed E-state index contributed by atoms with van der Waals surface area (Å²) in [7, 11) is 2.92. The summed E-state index contributed by atoms with van der Waals surface area (Å²) in [5.41, 5.74) is 0.554. The highest BCUT2D eigenvalue weighted by Gasteiger charge is 2.18. The Labute approximate surface area is 144 Å². The van der Waals surface area contributed by atoms with Crippen molar-refractivity contribution in [2.75, 3.05) is 46.9 Å². The molecule has 134 valence electrons. The SMILES string of the molecule is CCN(CC)CCN(CCC(=O)OC)C(=O)c1cccc(OC)c1. The van der Waals surface area contributed by atoms with Gasteiger partial charge in [-0.1, -0.05) is 19.9 Å². The lowest BCUT2D eigenvalue weighted by atomic mass is 10.1. The number of carbonyl (C=O) groups is 2. The molecule has 0 heterocycles. The summed E-state index contributed by atoms with van der Waals surface area (Å²) in [6, 6.07) is 7.05. The lowest BCUT2D eigenvalue weighted by Crippen LogP contribution is -2.39. The Bertz CT molecular complexity index is 530. The minimum absolute atomic E-state index is 0.107. The van der Waals surface area contributed by atoms with Crippen LogP contribution in [0, 0.1) is 0 Å². The van der Waals surface area contributed by atoms with E-state index in [1.54, 1.807) is 36.3 Å². The van der Waals surface area contributed by atoms with Crippen LogP contribution in [0.1, 0.15) is 30.6 Å². The molecule has 0 spiro atoms. The van der Waals surface area contributed by atoms with Gasteiger partial charge in [-0.3, -0.25) is 9.59 Å². The van der Waals surface area contributed by atoms with Gasteiger partial charge in [0.15, 0.2) is 0 Å². The minimum atomic E-state index is -0.318. The van der Waals surface area contributed by atoms with E-state index in [1.165, 1.54) is 7.11 Å². The first kappa shape index (κ1) is 20.0. The highest BCUT2D eigenvalue weighted by Crippen LogP contribution is 2.15. The average molecular weight is 336 g/mol. The summed E-state index contributed by atoms with van der Waals surface area (Å²) in [5.74, 6) is 0.212. The van der Waals surface area contributed by atoms with E-state index in [0.29, 0.717) is 24.4 Å². The van der Waals surface area contributed by atoms with Crippen LogP contribution >= 0.6 is 0 Å². The molecule has 0 unspecified atom stereocenters. The molecular formula is C18H28N2O4. The van der Waals surface area contributed by atoms with E-state index in [4.69, 9.17) is 4.74 Å². The third kappa shape index (κ3) is 6.20. The normalized spacial score (nSPS) is 10.5. The van der Waals surface area contributed by atoms with Crippen LogP contribution < -0.4 is 4.74 Å². The van der Waals surface area contributed by atoms with Crippen molar-refractivity contribution >= 4 is 11.9 Å². The Kier molecular flexibility index (Phi) is 8.86. The molecule has 0 bridgehead atoms. The van der Waals surface area contributed by atoms with Gasteiger partial charge in [-0.25, -0.2) is 0 Å². The third-order valence-electron chi connectivity index (χ3n) is 4.00. The fourth-order valence-electron chi connectivity index (χ4n) is 2.38. The number of carbonyl (C=O) groups excluding carboxylic acids is 2. The van der Waals surface area contributed by atoms with Crippen molar-refractivity contribution in [1.82, 2.24) is 9.80 Å². The molecule has 0 atom stereocenters. The fourth-order valence-corrected chi connectivity index (χ4v) is 2.38. The maximum absolute atomic E-state index is 12.8. The Morgan fingerprint density at radius 1 is 1.04 bits per heavy atom. The molecule has 0 N–H and O–H groups in total. The van der Waals surface area contributed by atoms with Gasteiger partial charge in [0, 0.05) is 25.2 Å². The molecule has 1 aromatic carbocycles. The van der Waals surface area contributed by atoms with E-state index in [0.717, 1.165) is 19.6 Å².